The van der Waals surface area contributed by atoms with Gasteiger partial charge in [-0.25, -0.2) is 9.18 Å². The van der Waals surface area contributed by atoms with E-state index in [2.05, 4.69) is 32.9 Å². The van der Waals surface area contributed by atoms with Crippen molar-refractivity contribution in [3.8, 4) is 11.3 Å². The lowest BCUT2D eigenvalue weighted by Crippen LogP contribution is -1.99. The van der Waals surface area contributed by atoms with Crippen LogP contribution in [0.5, 0.6) is 0 Å². The Morgan fingerprint density at radius 3 is 2.49 bits per heavy atom. The minimum Gasteiger partial charge on any atom is -0.478 e. The van der Waals surface area contributed by atoms with Crippen LogP contribution in [0, 0.1) is 5.82 Å². The first kappa shape index (κ1) is 24.5. The molecule has 180 valence electrons. The second kappa shape index (κ2) is 10.7. The number of rotatable bonds is 9. The van der Waals surface area contributed by atoms with Gasteiger partial charge in [-0.2, -0.15) is 0 Å². The van der Waals surface area contributed by atoms with Gasteiger partial charge in [0.25, 0.3) is 0 Å². The number of benzene rings is 3. The number of carboxylic acids is 1. The number of aryl methyl sites for hydroxylation is 1. The van der Waals surface area contributed by atoms with Crippen LogP contribution in [0.3, 0.4) is 0 Å². The highest BCUT2D eigenvalue weighted by atomic mass is 19.1. The molecule has 4 aromatic rings. The lowest BCUT2D eigenvalue weighted by atomic mass is 9.97. The summed E-state index contributed by atoms with van der Waals surface area (Å²) >= 11 is 0. The third-order valence-corrected chi connectivity index (χ3v) is 6.64. The van der Waals surface area contributed by atoms with Gasteiger partial charge in [0.1, 0.15) is 17.2 Å². The van der Waals surface area contributed by atoms with E-state index >= 15 is 4.39 Å². The van der Waals surface area contributed by atoms with E-state index in [1.54, 1.807) is 30.3 Å². The first-order valence-corrected chi connectivity index (χ1v) is 12.3. The van der Waals surface area contributed by atoms with Gasteiger partial charge < -0.3 is 9.52 Å². The molecule has 0 aliphatic rings. The average molecular weight is 471 g/mol. The quantitative estimate of drug-likeness (QED) is 0.248. The van der Waals surface area contributed by atoms with E-state index in [9.17, 15) is 9.90 Å². The van der Waals surface area contributed by atoms with Crippen molar-refractivity contribution in [3.63, 3.8) is 0 Å². The fourth-order valence-corrected chi connectivity index (χ4v) is 4.23. The fourth-order valence-electron chi connectivity index (χ4n) is 4.23. The van der Waals surface area contributed by atoms with E-state index < -0.39 is 5.97 Å². The van der Waals surface area contributed by atoms with Crippen molar-refractivity contribution in [1.29, 1.82) is 0 Å². The van der Waals surface area contributed by atoms with Crippen molar-refractivity contribution in [2.75, 3.05) is 0 Å². The summed E-state index contributed by atoms with van der Waals surface area (Å²) in [7, 11) is 0. The van der Waals surface area contributed by atoms with Crippen LogP contribution in [0.4, 0.5) is 4.39 Å². The number of furan rings is 1. The molecule has 3 aromatic carbocycles. The summed E-state index contributed by atoms with van der Waals surface area (Å²) in [5.74, 6) is -0.163. The summed E-state index contributed by atoms with van der Waals surface area (Å²) < 4.78 is 21.0. The molecule has 0 bridgehead atoms. The van der Waals surface area contributed by atoms with Gasteiger partial charge in [-0.05, 0) is 78.3 Å². The van der Waals surface area contributed by atoms with Crippen molar-refractivity contribution in [2.24, 2.45) is 0 Å². The molecule has 4 rings (SSSR count). The Labute approximate surface area is 205 Å². The molecule has 3 nitrogen and oxygen atoms in total. The third kappa shape index (κ3) is 5.54. The maximum absolute atomic E-state index is 15.0. The van der Waals surface area contributed by atoms with Crippen molar-refractivity contribution in [3.05, 3.63) is 94.3 Å². The summed E-state index contributed by atoms with van der Waals surface area (Å²) in [4.78, 5) is 11.4. The monoisotopic (exact) mass is 470 g/mol. The van der Waals surface area contributed by atoms with Crippen LogP contribution in [0.25, 0.3) is 34.4 Å². The van der Waals surface area contributed by atoms with Gasteiger partial charge in [0, 0.05) is 16.5 Å². The lowest BCUT2D eigenvalue weighted by molar-refractivity contribution is 0.0696. The predicted octanol–water partition coefficient (Wildman–Crippen LogP) is 8.96. The number of fused-ring (bicyclic) bond motifs is 1. The van der Waals surface area contributed by atoms with Gasteiger partial charge in [0.15, 0.2) is 0 Å². The topological polar surface area (TPSA) is 50.4 Å². The van der Waals surface area contributed by atoms with Crippen LogP contribution in [0.2, 0.25) is 0 Å². The largest absolute Gasteiger partial charge is 0.478 e. The van der Waals surface area contributed by atoms with Crippen molar-refractivity contribution >= 4 is 29.1 Å². The number of hydrogen-bond acceptors (Lipinski definition) is 2. The normalized spacial score (nSPS) is 12.5. The van der Waals surface area contributed by atoms with Gasteiger partial charge >= 0.3 is 5.97 Å². The molecule has 35 heavy (non-hydrogen) atoms. The molecular weight excluding hydrogens is 439 g/mol. The smallest absolute Gasteiger partial charge is 0.335 e. The number of aromatic carboxylic acids is 1. The van der Waals surface area contributed by atoms with Crippen LogP contribution >= 0.6 is 0 Å². The lowest BCUT2D eigenvalue weighted by Gasteiger charge is -2.08. The zero-order chi connectivity index (χ0) is 24.9. The van der Waals surface area contributed by atoms with Crippen LogP contribution in [-0.4, -0.2) is 11.1 Å². The molecule has 1 atom stereocenters. The Kier molecular flexibility index (Phi) is 7.50. The molecule has 1 N–H and O–H groups in total. The van der Waals surface area contributed by atoms with Gasteiger partial charge in [0.2, 0.25) is 0 Å². The molecule has 0 saturated heterocycles. The summed E-state index contributed by atoms with van der Waals surface area (Å²) in [5.41, 5.74) is 5.35. The summed E-state index contributed by atoms with van der Waals surface area (Å²) in [6, 6.07) is 18.4. The number of unbranched alkanes of at least 4 members (excludes halogenated alkanes) is 1. The van der Waals surface area contributed by atoms with E-state index in [0.29, 0.717) is 22.8 Å². The minimum absolute atomic E-state index is 0.269. The average Bonchev–Trinajstić information content (AvgIpc) is 3.30. The Hall–Kier alpha value is -3.66. The zero-order valence-electron chi connectivity index (χ0n) is 20.5. The number of hydrogen-bond donors (Lipinski definition) is 1. The Morgan fingerprint density at radius 2 is 1.77 bits per heavy atom. The highest BCUT2D eigenvalue weighted by Crippen LogP contribution is 2.32. The number of carboxylic acid groups (broad SMARTS) is 1. The van der Waals surface area contributed by atoms with E-state index in [1.807, 2.05) is 24.3 Å². The van der Waals surface area contributed by atoms with Gasteiger partial charge in [-0.15, -0.1) is 0 Å². The van der Waals surface area contributed by atoms with E-state index in [0.717, 1.165) is 47.8 Å². The molecule has 4 heteroatoms. The molecule has 0 amide bonds. The van der Waals surface area contributed by atoms with Gasteiger partial charge in [-0.1, -0.05) is 63.6 Å². The molecule has 0 saturated carbocycles. The van der Waals surface area contributed by atoms with Crippen molar-refractivity contribution < 1.29 is 18.7 Å². The zero-order valence-corrected chi connectivity index (χ0v) is 20.5. The van der Waals surface area contributed by atoms with Gasteiger partial charge in [-0.3, -0.25) is 0 Å². The van der Waals surface area contributed by atoms with Gasteiger partial charge in [0.05, 0.1) is 5.56 Å². The third-order valence-electron chi connectivity index (χ3n) is 6.64. The molecule has 0 aliphatic carbocycles. The van der Waals surface area contributed by atoms with E-state index in [4.69, 9.17) is 4.42 Å². The molecule has 0 spiro atoms. The Balaban J connectivity index is 1.60. The maximum atomic E-state index is 15.0. The van der Waals surface area contributed by atoms with Crippen LogP contribution in [-0.2, 0) is 6.42 Å². The highest BCUT2D eigenvalue weighted by Gasteiger charge is 2.12. The summed E-state index contributed by atoms with van der Waals surface area (Å²) in [6.45, 7) is 6.47. The number of halogens is 1. The van der Waals surface area contributed by atoms with Crippen LogP contribution in [0.15, 0.2) is 65.1 Å². The Bertz CT molecular complexity index is 1380. The Morgan fingerprint density at radius 1 is 1.00 bits per heavy atom. The molecule has 1 unspecified atom stereocenters. The second-order valence-corrected chi connectivity index (χ2v) is 9.11. The SMILES string of the molecule is CCCCc1cc(C(=O)O)ccc1/C=C/c1ccc(-c2cc3cc(C(C)CC)ccc3o2)cc1F. The highest BCUT2D eigenvalue weighted by molar-refractivity contribution is 5.88. The molecular formula is C31H31FO3. The molecule has 1 aromatic heterocycles. The molecule has 0 fully saturated rings. The van der Waals surface area contributed by atoms with Crippen LogP contribution < -0.4 is 0 Å². The minimum atomic E-state index is -0.943. The van der Waals surface area contributed by atoms with Crippen LogP contribution in [0.1, 0.15) is 78.6 Å². The number of carbonyl (C=O) groups is 1. The molecule has 0 radical (unpaired) electrons. The van der Waals surface area contributed by atoms with Crippen molar-refractivity contribution in [2.45, 2.75) is 52.4 Å². The fraction of sp³-hybridized carbons (Fsp3) is 0.258. The molecule has 0 aliphatic heterocycles. The van der Waals surface area contributed by atoms with Crippen molar-refractivity contribution in [1.82, 2.24) is 0 Å². The van der Waals surface area contributed by atoms with E-state index in [1.165, 1.54) is 11.6 Å². The molecule has 1 heterocycles. The summed E-state index contributed by atoms with van der Waals surface area (Å²) in [5, 5.41) is 10.3. The standard InChI is InChI=1S/C31H31FO3/c1-4-6-7-24-17-26(31(33)34)13-9-21(24)8-10-22-11-12-25(18-28(22)32)30-19-27-16-23(20(3)5-2)14-15-29(27)35-30/h8-20H,4-7H2,1-3H3,(H,33,34)/b10-8+. The second-order valence-electron chi connectivity index (χ2n) is 9.11. The van der Waals surface area contributed by atoms with E-state index in [-0.39, 0.29) is 11.4 Å². The first-order chi connectivity index (χ1) is 16.9. The maximum Gasteiger partial charge on any atom is 0.335 e. The summed E-state index contributed by atoms with van der Waals surface area (Å²) in [6.07, 6.45) is 7.41. The predicted molar refractivity (Wildman–Crippen MR) is 141 cm³/mol. The first-order valence-electron chi connectivity index (χ1n) is 12.3.